The molecular formula is C21H23N3O. The number of aromatic nitrogens is 2. The van der Waals surface area contributed by atoms with Gasteiger partial charge >= 0.3 is 0 Å². The lowest BCUT2D eigenvalue weighted by molar-refractivity contribution is 0.0947. The molecule has 128 valence electrons. The molecular weight excluding hydrogens is 310 g/mol. The van der Waals surface area contributed by atoms with Crippen molar-refractivity contribution in [1.82, 2.24) is 14.9 Å². The highest BCUT2D eigenvalue weighted by molar-refractivity contribution is 5.93. The van der Waals surface area contributed by atoms with Gasteiger partial charge in [0.1, 0.15) is 5.69 Å². The number of benzene rings is 2. The van der Waals surface area contributed by atoms with Gasteiger partial charge in [-0.15, -0.1) is 0 Å². The predicted octanol–water partition coefficient (Wildman–Crippen LogP) is 4.30. The van der Waals surface area contributed by atoms with Crippen LogP contribution < -0.4 is 5.32 Å². The number of hydrogen-bond donors (Lipinski definition) is 1. The van der Waals surface area contributed by atoms with Gasteiger partial charge in [-0.05, 0) is 43.5 Å². The summed E-state index contributed by atoms with van der Waals surface area (Å²) in [4.78, 5) is 16.4. The van der Waals surface area contributed by atoms with Gasteiger partial charge < -0.3 is 5.32 Å². The first kappa shape index (κ1) is 17.0. The van der Waals surface area contributed by atoms with Crippen molar-refractivity contribution in [2.24, 2.45) is 0 Å². The normalized spacial score (nSPS) is 10.7. The molecule has 0 bridgehead atoms. The van der Waals surface area contributed by atoms with E-state index in [0.29, 0.717) is 12.2 Å². The smallest absolute Gasteiger partial charge is 0.269 e. The Labute approximate surface area is 148 Å². The number of hydrogen-bond acceptors (Lipinski definition) is 2. The summed E-state index contributed by atoms with van der Waals surface area (Å²) in [5.74, 6) is -0.0993. The zero-order chi connectivity index (χ0) is 17.8. The Hall–Kier alpha value is -2.88. The molecule has 1 amide bonds. The van der Waals surface area contributed by atoms with Gasteiger partial charge in [0, 0.05) is 12.2 Å². The molecule has 1 N–H and O–H groups in total. The van der Waals surface area contributed by atoms with E-state index in [2.05, 4.69) is 54.5 Å². The Morgan fingerprint density at radius 1 is 1.04 bits per heavy atom. The Bertz CT molecular complexity index is 858. The minimum Gasteiger partial charge on any atom is -0.351 e. The summed E-state index contributed by atoms with van der Waals surface area (Å²) in [7, 11) is 0. The first-order valence-corrected chi connectivity index (χ1v) is 8.58. The summed E-state index contributed by atoms with van der Waals surface area (Å²) >= 11 is 0. The van der Waals surface area contributed by atoms with Crippen molar-refractivity contribution in [2.45, 2.75) is 27.2 Å². The highest BCUT2D eigenvalue weighted by atomic mass is 16.1. The lowest BCUT2D eigenvalue weighted by Crippen LogP contribution is -2.26. The van der Waals surface area contributed by atoms with Gasteiger partial charge in [0.2, 0.25) is 0 Å². The fourth-order valence-corrected chi connectivity index (χ4v) is 2.95. The first-order chi connectivity index (χ1) is 12.1. The zero-order valence-electron chi connectivity index (χ0n) is 14.9. The van der Waals surface area contributed by atoms with Gasteiger partial charge in [0.25, 0.3) is 5.91 Å². The van der Waals surface area contributed by atoms with Gasteiger partial charge in [-0.3, -0.25) is 9.36 Å². The molecule has 4 heteroatoms. The van der Waals surface area contributed by atoms with Crippen molar-refractivity contribution in [3.8, 4) is 16.8 Å². The largest absolute Gasteiger partial charge is 0.351 e. The quantitative estimate of drug-likeness (QED) is 0.757. The second kappa shape index (κ2) is 7.34. The number of amides is 1. The van der Waals surface area contributed by atoms with E-state index < -0.39 is 0 Å². The molecule has 3 aromatic rings. The van der Waals surface area contributed by atoms with E-state index >= 15 is 0 Å². The van der Waals surface area contributed by atoms with E-state index in [-0.39, 0.29) is 5.91 Å². The minimum atomic E-state index is -0.0993. The van der Waals surface area contributed by atoms with Crippen LogP contribution in [0.5, 0.6) is 0 Å². The van der Waals surface area contributed by atoms with Crippen LogP contribution in [0.3, 0.4) is 0 Å². The van der Waals surface area contributed by atoms with Crippen molar-refractivity contribution in [3.05, 3.63) is 71.8 Å². The van der Waals surface area contributed by atoms with Crippen molar-refractivity contribution < 1.29 is 4.79 Å². The number of nitrogens with zero attached hydrogens (tertiary/aromatic N) is 2. The topological polar surface area (TPSA) is 46.9 Å². The maximum absolute atomic E-state index is 12.3. The molecule has 0 atom stereocenters. The number of nitrogens with one attached hydrogen (secondary N) is 1. The van der Waals surface area contributed by atoms with Gasteiger partial charge in [0.05, 0.1) is 12.5 Å². The predicted molar refractivity (Wildman–Crippen MR) is 101 cm³/mol. The van der Waals surface area contributed by atoms with Gasteiger partial charge in [-0.25, -0.2) is 4.98 Å². The monoisotopic (exact) mass is 333 g/mol. The standard InChI is InChI=1S/C21H23N3O/c1-4-9-23-21(25)20-13-22-14-24(20)19-7-5-17(6-8-19)18-11-15(2)10-16(3)12-18/h5-8,10-14H,4,9H2,1-3H3,(H,23,25). The van der Waals surface area contributed by atoms with Crippen LogP contribution in [0.4, 0.5) is 0 Å². The number of aryl methyl sites for hydroxylation is 2. The number of imidazole rings is 1. The molecule has 0 unspecified atom stereocenters. The highest BCUT2D eigenvalue weighted by Gasteiger charge is 2.12. The van der Waals surface area contributed by atoms with E-state index in [1.807, 2.05) is 23.6 Å². The Kier molecular flexibility index (Phi) is 4.98. The van der Waals surface area contributed by atoms with E-state index in [1.54, 1.807) is 12.5 Å². The fourth-order valence-electron chi connectivity index (χ4n) is 2.95. The summed E-state index contributed by atoms with van der Waals surface area (Å²) in [5.41, 5.74) is 6.34. The third-order valence-electron chi connectivity index (χ3n) is 4.11. The molecule has 2 aromatic carbocycles. The fraction of sp³-hybridized carbons (Fsp3) is 0.238. The summed E-state index contributed by atoms with van der Waals surface area (Å²) in [5, 5.41) is 2.89. The van der Waals surface area contributed by atoms with Gasteiger partial charge in [-0.2, -0.15) is 0 Å². The lowest BCUT2D eigenvalue weighted by atomic mass is 10.0. The minimum absolute atomic E-state index is 0.0993. The summed E-state index contributed by atoms with van der Waals surface area (Å²) in [6, 6.07) is 14.7. The van der Waals surface area contributed by atoms with Crippen LogP contribution in [-0.4, -0.2) is 22.0 Å². The van der Waals surface area contributed by atoms with E-state index in [0.717, 1.165) is 17.7 Å². The Balaban J connectivity index is 1.88. The van der Waals surface area contributed by atoms with Crippen LogP contribution in [0.2, 0.25) is 0 Å². The van der Waals surface area contributed by atoms with Crippen LogP contribution in [0, 0.1) is 13.8 Å². The average Bonchev–Trinajstić information content (AvgIpc) is 3.09. The molecule has 25 heavy (non-hydrogen) atoms. The van der Waals surface area contributed by atoms with E-state index in [4.69, 9.17) is 0 Å². The molecule has 3 rings (SSSR count). The maximum Gasteiger partial charge on any atom is 0.269 e. The lowest BCUT2D eigenvalue weighted by Gasteiger charge is -2.10. The number of rotatable bonds is 5. The van der Waals surface area contributed by atoms with E-state index in [1.165, 1.54) is 16.7 Å². The molecule has 0 saturated carbocycles. The molecule has 1 aromatic heterocycles. The van der Waals surface area contributed by atoms with Gasteiger partial charge in [0.15, 0.2) is 0 Å². The summed E-state index contributed by atoms with van der Waals surface area (Å²) in [6.45, 7) is 6.91. The third-order valence-corrected chi connectivity index (χ3v) is 4.11. The highest BCUT2D eigenvalue weighted by Crippen LogP contribution is 2.24. The van der Waals surface area contributed by atoms with Crippen LogP contribution >= 0.6 is 0 Å². The molecule has 1 heterocycles. The molecule has 0 aliphatic heterocycles. The van der Waals surface area contributed by atoms with Crippen molar-refractivity contribution in [2.75, 3.05) is 6.54 Å². The zero-order valence-corrected chi connectivity index (χ0v) is 14.9. The molecule has 4 nitrogen and oxygen atoms in total. The van der Waals surface area contributed by atoms with Crippen LogP contribution in [0.25, 0.3) is 16.8 Å². The average molecular weight is 333 g/mol. The van der Waals surface area contributed by atoms with Crippen LogP contribution in [0.15, 0.2) is 55.0 Å². The Morgan fingerprint density at radius 3 is 2.36 bits per heavy atom. The maximum atomic E-state index is 12.3. The molecule has 0 saturated heterocycles. The first-order valence-electron chi connectivity index (χ1n) is 8.58. The van der Waals surface area contributed by atoms with Gasteiger partial charge in [-0.1, -0.05) is 48.4 Å². The molecule has 0 aliphatic carbocycles. The van der Waals surface area contributed by atoms with Crippen LogP contribution in [-0.2, 0) is 0 Å². The number of carbonyl (C=O) groups is 1. The molecule has 0 fully saturated rings. The molecule has 0 aliphatic rings. The van der Waals surface area contributed by atoms with Crippen molar-refractivity contribution >= 4 is 5.91 Å². The summed E-state index contributed by atoms with van der Waals surface area (Å²) in [6.07, 6.45) is 4.18. The SMILES string of the molecule is CCCNC(=O)c1cncn1-c1ccc(-c2cc(C)cc(C)c2)cc1. The summed E-state index contributed by atoms with van der Waals surface area (Å²) < 4.78 is 1.82. The van der Waals surface area contributed by atoms with E-state index in [9.17, 15) is 4.79 Å². The molecule has 0 spiro atoms. The number of carbonyl (C=O) groups excluding carboxylic acids is 1. The van der Waals surface area contributed by atoms with Crippen molar-refractivity contribution in [3.63, 3.8) is 0 Å². The third kappa shape index (κ3) is 3.79. The Morgan fingerprint density at radius 2 is 1.72 bits per heavy atom. The van der Waals surface area contributed by atoms with Crippen molar-refractivity contribution in [1.29, 1.82) is 0 Å². The second-order valence-electron chi connectivity index (χ2n) is 6.33. The van der Waals surface area contributed by atoms with Crippen LogP contribution in [0.1, 0.15) is 35.0 Å². The molecule has 0 radical (unpaired) electrons. The second-order valence-corrected chi connectivity index (χ2v) is 6.33.